The van der Waals surface area contributed by atoms with Crippen LogP contribution in [-0.4, -0.2) is 39.6 Å². The fraction of sp³-hybridized carbons (Fsp3) is 0.440. The second-order valence-electron chi connectivity index (χ2n) is 9.34. The SMILES string of the molecule is CC(C)Cn1ccc2c(OCC(=O)N3CC4CC(C3)c3cccc(=O)n3C4)cccc21. The lowest BCUT2D eigenvalue weighted by Gasteiger charge is -2.42. The number of pyridine rings is 1. The maximum atomic E-state index is 13.0. The van der Waals surface area contributed by atoms with Crippen molar-refractivity contribution in [2.24, 2.45) is 11.8 Å². The number of fused-ring (bicyclic) bond motifs is 5. The summed E-state index contributed by atoms with van der Waals surface area (Å²) in [6.45, 7) is 7.42. The van der Waals surface area contributed by atoms with Crippen molar-refractivity contribution in [3.05, 3.63) is 64.7 Å². The normalized spacial score (nSPS) is 20.2. The summed E-state index contributed by atoms with van der Waals surface area (Å²) in [5, 5.41) is 1.04. The number of hydrogen-bond donors (Lipinski definition) is 0. The Bertz CT molecular complexity index is 1180. The van der Waals surface area contributed by atoms with Crippen LogP contribution in [0.15, 0.2) is 53.5 Å². The summed E-state index contributed by atoms with van der Waals surface area (Å²) in [5.41, 5.74) is 2.25. The molecule has 1 amide bonds. The van der Waals surface area contributed by atoms with Gasteiger partial charge in [0.05, 0.1) is 5.52 Å². The lowest BCUT2D eigenvalue weighted by atomic mass is 9.83. The Morgan fingerprint density at radius 3 is 2.77 bits per heavy atom. The molecule has 0 saturated carbocycles. The average molecular weight is 420 g/mol. The van der Waals surface area contributed by atoms with Crippen molar-refractivity contribution in [1.82, 2.24) is 14.0 Å². The van der Waals surface area contributed by atoms with E-state index in [1.807, 2.05) is 33.7 Å². The van der Waals surface area contributed by atoms with Gasteiger partial charge in [0.1, 0.15) is 5.75 Å². The van der Waals surface area contributed by atoms with Gasteiger partial charge in [-0.05, 0) is 42.5 Å². The molecule has 2 aliphatic heterocycles. The van der Waals surface area contributed by atoms with Crippen molar-refractivity contribution in [1.29, 1.82) is 0 Å². The van der Waals surface area contributed by atoms with E-state index in [4.69, 9.17) is 4.74 Å². The van der Waals surface area contributed by atoms with Gasteiger partial charge in [0, 0.05) is 55.4 Å². The van der Waals surface area contributed by atoms with Gasteiger partial charge in [-0.15, -0.1) is 0 Å². The van der Waals surface area contributed by atoms with E-state index in [1.54, 1.807) is 6.07 Å². The number of amides is 1. The molecule has 0 radical (unpaired) electrons. The van der Waals surface area contributed by atoms with Crippen LogP contribution < -0.4 is 10.3 Å². The first-order valence-corrected chi connectivity index (χ1v) is 11.2. The third kappa shape index (κ3) is 3.75. The van der Waals surface area contributed by atoms with Gasteiger partial charge in [0.2, 0.25) is 0 Å². The number of nitrogens with zero attached hydrogens (tertiary/aromatic N) is 3. The predicted molar refractivity (Wildman–Crippen MR) is 120 cm³/mol. The van der Waals surface area contributed by atoms with Crippen molar-refractivity contribution < 1.29 is 9.53 Å². The fourth-order valence-corrected chi connectivity index (χ4v) is 5.20. The van der Waals surface area contributed by atoms with Crippen LogP contribution >= 0.6 is 0 Å². The molecule has 1 saturated heterocycles. The Morgan fingerprint density at radius 2 is 1.94 bits per heavy atom. The van der Waals surface area contributed by atoms with Gasteiger partial charge in [-0.1, -0.05) is 26.0 Å². The Kier molecular flexibility index (Phi) is 5.08. The lowest BCUT2D eigenvalue weighted by Crippen LogP contribution is -2.50. The smallest absolute Gasteiger partial charge is 0.260 e. The summed E-state index contributed by atoms with van der Waals surface area (Å²) in [7, 11) is 0. The van der Waals surface area contributed by atoms with Crippen molar-refractivity contribution in [3.8, 4) is 5.75 Å². The van der Waals surface area contributed by atoms with Gasteiger partial charge in [0.15, 0.2) is 6.61 Å². The maximum Gasteiger partial charge on any atom is 0.260 e. The first-order chi connectivity index (χ1) is 15.0. The lowest BCUT2D eigenvalue weighted by molar-refractivity contribution is -0.136. The van der Waals surface area contributed by atoms with Gasteiger partial charge < -0.3 is 18.8 Å². The summed E-state index contributed by atoms with van der Waals surface area (Å²) in [5.74, 6) is 1.87. The summed E-state index contributed by atoms with van der Waals surface area (Å²) >= 11 is 0. The van der Waals surface area contributed by atoms with Crippen LogP contribution in [0.1, 0.15) is 31.9 Å². The van der Waals surface area contributed by atoms with Crippen LogP contribution in [0, 0.1) is 11.8 Å². The van der Waals surface area contributed by atoms with Gasteiger partial charge in [0.25, 0.3) is 11.5 Å². The molecular formula is C25H29N3O3. The van der Waals surface area contributed by atoms with Gasteiger partial charge in [-0.25, -0.2) is 0 Å². The molecule has 3 aromatic rings. The molecule has 4 heterocycles. The largest absolute Gasteiger partial charge is 0.483 e. The molecule has 2 unspecified atom stereocenters. The minimum atomic E-state index is 0.0139. The van der Waals surface area contributed by atoms with Crippen LogP contribution in [0.2, 0.25) is 0 Å². The summed E-state index contributed by atoms with van der Waals surface area (Å²) < 4.78 is 10.1. The van der Waals surface area contributed by atoms with E-state index in [-0.39, 0.29) is 24.0 Å². The van der Waals surface area contributed by atoms with E-state index in [0.29, 0.717) is 31.5 Å². The number of piperidine rings is 1. The van der Waals surface area contributed by atoms with Crippen LogP contribution in [0.4, 0.5) is 0 Å². The van der Waals surface area contributed by atoms with Crippen molar-refractivity contribution in [2.75, 3.05) is 19.7 Å². The topological polar surface area (TPSA) is 56.5 Å². The molecular weight excluding hydrogens is 390 g/mol. The number of carbonyl (C=O) groups is 1. The van der Waals surface area contributed by atoms with Crippen LogP contribution in [0.3, 0.4) is 0 Å². The molecule has 0 spiro atoms. The third-order valence-electron chi connectivity index (χ3n) is 6.52. The Hall–Kier alpha value is -3.02. The summed E-state index contributed by atoms with van der Waals surface area (Å²) in [6.07, 6.45) is 3.13. The molecule has 2 aromatic heterocycles. The van der Waals surface area contributed by atoms with Gasteiger partial charge in [-0.2, -0.15) is 0 Å². The highest BCUT2D eigenvalue weighted by Gasteiger charge is 2.36. The standard InChI is InChI=1S/C25H29N3O3/c1-17(2)12-26-10-9-20-22(26)6-3-7-23(20)31-16-25(30)27-13-18-11-19(15-27)21-5-4-8-24(29)28(21)14-18/h3-10,17-19H,11-16H2,1-2H3. The van der Waals surface area contributed by atoms with Crippen molar-refractivity contribution in [2.45, 2.75) is 39.3 Å². The second kappa shape index (κ2) is 7.91. The first kappa shape index (κ1) is 19.9. The molecule has 5 rings (SSSR count). The van der Waals surface area contributed by atoms with E-state index in [0.717, 1.165) is 35.3 Å². The zero-order chi connectivity index (χ0) is 21.5. The monoisotopic (exact) mass is 419 g/mol. The average Bonchev–Trinajstić information content (AvgIpc) is 3.15. The van der Waals surface area contributed by atoms with Crippen molar-refractivity contribution >= 4 is 16.8 Å². The Labute approximate surface area is 182 Å². The van der Waals surface area contributed by atoms with E-state index < -0.39 is 0 Å². The van der Waals surface area contributed by atoms with Gasteiger partial charge >= 0.3 is 0 Å². The van der Waals surface area contributed by atoms with E-state index in [2.05, 4.69) is 36.7 Å². The molecule has 6 heteroatoms. The number of ether oxygens (including phenoxy) is 1. The fourth-order valence-electron chi connectivity index (χ4n) is 5.20. The molecule has 6 nitrogen and oxygen atoms in total. The molecule has 0 aliphatic carbocycles. The molecule has 1 aromatic carbocycles. The summed E-state index contributed by atoms with van der Waals surface area (Å²) in [6, 6.07) is 13.5. The zero-order valence-electron chi connectivity index (χ0n) is 18.2. The third-order valence-corrected chi connectivity index (χ3v) is 6.52. The molecule has 31 heavy (non-hydrogen) atoms. The van der Waals surface area contributed by atoms with Crippen LogP contribution in [0.25, 0.3) is 10.9 Å². The minimum absolute atomic E-state index is 0.0139. The zero-order valence-corrected chi connectivity index (χ0v) is 18.2. The number of hydrogen-bond acceptors (Lipinski definition) is 3. The van der Waals surface area contributed by atoms with Gasteiger partial charge in [-0.3, -0.25) is 9.59 Å². The number of aromatic nitrogens is 2. The second-order valence-corrected chi connectivity index (χ2v) is 9.34. The molecule has 1 fully saturated rings. The highest BCUT2D eigenvalue weighted by Crippen LogP contribution is 2.35. The molecule has 162 valence electrons. The maximum absolute atomic E-state index is 13.0. The van der Waals surface area contributed by atoms with E-state index >= 15 is 0 Å². The van der Waals surface area contributed by atoms with Crippen LogP contribution in [-0.2, 0) is 17.9 Å². The van der Waals surface area contributed by atoms with E-state index in [9.17, 15) is 9.59 Å². The molecule has 2 bridgehead atoms. The van der Waals surface area contributed by atoms with E-state index in [1.165, 1.54) is 0 Å². The van der Waals surface area contributed by atoms with Crippen LogP contribution in [0.5, 0.6) is 5.75 Å². The number of likely N-dealkylation sites (tertiary alicyclic amines) is 1. The predicted octanol–water partition coefficient (Wildman–Crippen LogP) is 3.48. The Morgan fingerprint density at radius 1 is 1.10 bits per heavy atom. The minimum Gasteiger partial charge on any atom is -0.483 e. The van der Waals surface area contributed by atoms with Crippen molar-refractivity contribution in [3.63, 3.8) is 0 Å². The molecule has 2 atom stereocenters. The molecule has 0 N–H and O–H groups in total. The number of carbonyl (C=O) groups excluding carboxylic acids is 1. The molecule has 2 aliphatic rings. The first-order valence-electron chi connectivity index (χ1n) is 11.2. The quantitative estimate of drug-likeness (QED) is 0.636. The Balaban J connectivity index is 1.29. The highest BCUT2D eigenvalue weighted by molar-refractivity contribution is 5.87. The summed E-state index contributed by atoms with van der Waals surface area (Å²) in [4.78, 5) is 27.1. The number of benzene rings is 1. The highest BCUT2D eigenvalue weighted by atomic mass is 16.5. The number of rotatable bonds is 5.